The van der Waals surface area contributed by atoms with E-state index in [4.69, 9.17) is 9.90 Å². The number of carboxylic acid groups (broad SMARTS) is 1. The third kappa shape index (κ3) is 2.48. The lowest BCUT2D eigenvalue weighted by molar-refractivity contribution is -0.122. The molecule has 1 atom stereocenters. The quantitative estimate of drug-likeness (QED) is 0.738. The number of hydrogen-bond donors (Lipinski definition) is 2. The normalized spacial score (nSPS) is 19.5. The van der Waals surface area contributed by atoms with Crippen molar-refractivity contribution in [2.75, 3.05) is 20.1 Å². The summed E-state index contributed by atoms with van der Waals surface area (Å²) >= 11 is 0. The van der Waals surface area contributed by atoms with Crippen LogP contribution in [-0.4, -0.2) is 51.8 Å². The fourth-order valence-corrected chi connectivity index (χ4v) is 2.35. The predicted molar refractivity (Wildman–Crippen MR) is 67.4 cm³/mol. The molecule has 1 fully saturated rings. The summed E-state index contributed by atoms with van der Waals surface area (Å²) in [6.07, 6.45) is 3.00. The van der Waals surface area contributed by atoms with E-state index in [1.165, 1.54) is 24.0 Å². The summed E-state index contributed by atoms with van der Waals surface area (Å²) in [5, 5.41) is 15.4. The first-order valence-electron chi connectivity index (χ1n) is 5.81. The van der Waals surface area contributed by atoms with Gasteiger partial charge >= 0.3 is 0 Å². The summed E-state index contributed by atoms with van der Waals surface area (Å²) in [6, 6.07) is 4.07. The monoisotopic (exact) mass is 248 g/mol. The number of likely N-dealkylation sites (tertiary alicyclic amines) is 1. The van der Waals surface area contributed by atoms with Gasteiger partial charge in [-0.1, -0.05) is 0 Å². The summed E-state index contributed by atoms with van der Waals surface area (Å²) < 4.78 is 0. The summed E-state index contributed by atoms with van der Waals surface area (Å²) in [5.41, 5.74) is 2.09. The molecule has 0 radical (unpaired) electrons. The van der Waals surface area contributed by atoms with Crippen LogP contribution in [0, 0.1) is 0 Å². The maximum atomic E-state index is 8.36. The Bertz CT molecular complexity index is 526. The molecule has 0 amide bonds. The van der Waals surface area contributed by atoms with E-state index in [0.29, 0.717) is 5.92 Å². The zero-order valence-electron chi connectivity index (χ0n) is 10.2. The Morgan fingerprint density at radius 3 is 3.06 bits per heavy atom. The highest BCUT2D eigenvalue weighted by atomic mass is 16.3. The number of carbonyl (C=O) groups is 1. The van der Waals surface area contributed by atoms with Gasteiger partial charge in [0.1, 0.15) is 0 Å². The highest BCUT2D eigenvalue weighted by Crippen LogP contribution is 2.29. The van der Waals surface area contributed by atoms with Crippen molar-refractivity contribution in [3.05, 3.63) is 24.0 Å². The molecule has 1 aliphatic heterocycles. The Labute approximate surface area is 105 Å². The molecule has 0 aromatic carbocycles. The summed E-state index contributed by atoms with van der Waals surface area (Å²) in [4.78, 5) is 15.0. The maximum absolute atomic E-state index is 8.36. The van der Waals surface area contributed by atoms with Crippen LogP contribution in [0.15, 0.2) is 18.3 Å². The van der Waals surface area contributed by atoms with Gasteiger partial charge in [-0.15, -0.1) is 0 Å². The number of fused-ring (bicyclic) bond motifs is 1. The van der Waals surface area contributed by atoms with E-state index in [0.717, 1.165) is 12.2 Å². The van der Waals surface area contributed by atoms with Gasteiger partial charge < -0.3 is 10.0 Å². The molecule has 6 nitrogen and oxygen atoms in total. The van der Waals surface area contributed by atoms with Crippen molar-refractivity contribution in [1.29, 1.82) is 0 Å². The third-order valence-corrected chi connectivity index (χ3v) is 3.16. The van der Waals surface area contributed by atoms with Crippen molar-refractivity contribution in [3.8, 4) is 0 Å². The largest absolute Gasteiger partial charge is 0.483 e. The molecule has 18 heavy (non-hydrogen) atoms. The summed E-state index contributed by atoms with van der Waals surface area (Å²) in [5.74, 6) is 0.587. The second-order valence-corrected chi connectivity index (χ2v) is 4.37. The van der Waals surface area contributed by atoms with E-state index in [2.05, 4.69) is 33.2 Å². The number of nitrogens with zero attached hydrogens (tertiary/aromatic N) is 3. The number of nitrogens with one attached hydrogen (secondary N) is 1. The molecular weight excluding hydrogens is 232 g/mol. The van der Waals surface area contributed by atoms with Crippen LogP contribution in [-0.2, 0) is 4.79 Å². The van der Waals surface area contributed by atoms with Crippen molar-refractivity contribution in [2.24, 2.45) is 0 Å². The molecule has 96 valence electrons. The van der Waals surface area contributed by atoms with Gasteiger partial charge in [-0.3, -0.25) is 9.89 Å². The number of hydrogen-bond acceptors (Lipinski definition) is 4. The first-order valence-corrected chi connectivity index (χ1v) is 5.81. The summed E-state index contributed by atoms with van der Waals surface area (Å²) in [7, 11) is 2.16. The van der Waals surface area contributed by atoms with Gasteiger partial charge in [0, 0.05) is 29.7 Å². The first-order chi connectivity index (χ1) is 8.76. The Morgan fingerprint density at radius 2 is 2.39 bits per heavy atom. The fourth-order valence-electron chi connectivity index (χ4n) is 2.35. The van der Waals surface area contributed by atoms with Gasteiger partial charge in [0.05, 0.1) is 0 Å². The van der Waals surface area contributed by atoms with Crippen LogP contribution in [0.1, 0.15) is 18.0 Å². The first kappa shape index (κ1) is 12.5. The van der Waals surface area contributed by atoms with Crippen molar-refractivity contribution >= 4 is 17.5 Å². The third-order valence-electron chi connectivity index (χ3n) is 3.16. The van der Waals surface area contributed by atoms with Crippen LogP contribution in [0.3, 0.4) is 0 Å². The van der Waals surface area contributed by atoms with Gasteiger partial charge in [-0.05, 0) is 32.1 Å². The second kappa shape index (κ2) is 5.59. The Balaban J connectivity index is 0.000000367. The van der Waals surface area contributed by atoms with Crippen LogP contribution < -0.4 is 0 Å². The van der Waals surface area contributed by atoms with E-state index < -0.39 is 0 Å². The number of likely N-dealkylation sites (N-methyl/N-ethyl adjacent to an activating group) is 1. The van der Waals surface area contributed by atoms with E-state index in [1.807, 2.05) is 6.07 Å². The van der Waals surface area contributed by atoms with Crippen LogP contribution in [0.25, 0.3) is 11.0 Å². The van der Waals surface area contributed by atoms with Crippen molar-refractivity contribution in [3.63, 3.8) is 0 Å². The average molecular weight is 248 g/mol. The van der Waals surface area contributed by atoms with E-state index in [1.54, 1.807) is 6.20 Å². The van der Waals surface area contributed by atoms with Crippen LogP contribution >= 0.6 is 0 Å². The number of aromatic nitrogens is 3. The lowest BCUT2D eigenvalue weighted by Crippen LogP contribution is -2.13. The minimum absolute atomic E-state index is 0.250. The van der Waals surface area contributed by atoms with Gasteiger partial charge in [0.25, 0.3) is 6.47 Å². The molecule has 2 aromatic rings. The van der Waals surface area contributed by atoms with E-state index >= 15 is 0 Å². The number of H-pyrrole nitrogens is 1. The standard InChI is InChI=1S/C11H14N4.CH2O2/c1-15-6-4-8(7-15)10-9-3-2-5-12-11(9)14-13-10;2-1-3/h2-3,5,8H,4,6-7H2,1H3,(H,12,13,14);1H,(H,2,3). The molecule has 2 N–H and O–H groups in total. The molecule has 0 spiro atoms. The van der Waals surface area contributed by atoms with Gasteiger partial charge in [-0.25, -0.2) is 4.98 Å². The highest BCUT2D eigenvalue weighted by Gasteiger charge is 2.24. The second-order valence-electron chi connectivity index (χ2n) is 4.37. The van der Waals surface area contributed by atoms with Gasteiger partial charge in [-0.2, -0.15) is 5.10 Å². The lowest BCUT2D eigenvalue weighted by Gasteiger charge is -2.08. The predicted octanol–water partition coefficient (Wildman–Crippen LogP) is 1.08. The molecule has 2 aromatic heterocycles. The van der Waals surface area contributed by atoms with E-state index in [9.17, 15) is 0 Å². The SMILES string of the molecule is CN1CCC(c2[nH]nc3ncccc23)C1.O=CO. The minimum Gasteiger partial charge on any atom is -0.483 e. The molecule has 3 heterocycles. The summed E-state index contributed by atoms with van der Waals surface area (Å²) in [6.45, 7) is 2.04. The molecule has 1 aliphatic rings. The Kier molecular flexibility index (Phi) is 3.88. The van der Waals surface area contributed by atoms with Crippen LogP contribution in [0.5, 0.6) is 0 Å². The molecule has 0 aliphatic carbocycles. The topological polar surface area (TPSA) is 82.1 Å². The smallest absolute Gasteiger partial charge is 0.290 e. The number of pyridine rings is 1. The molecule has 0 saturated carbocycles. The van der Waals surface area contributed by atoms with Gasteiger partial charge in [0.2, 0.25) is 0 Å². The van der Waals surface area contributed by atoms with Crippen LogP contribution in [0.4, 0.5) is 0 Å². The maximum Gasteiger partial charge on any atom is 0.290 e. The fraction of sp³-hybridized carbons (Fsp3) is 0.417. The number of aromatic amines is 1. The van der Waals surface area contributed by atoms with Gasteiger partial charge in [0.15, 0.2) is 5.65 Å². The van der Waals surface area contributed by atoms with E-state index in [-0.39, 0.29) is 6.47 Å². The highest BCUT2D eigenvalue weighted by molar-refractivity contribution is 5.77. The molecular formula is C12H16N4O2. The lowest BCUT2D eigenvalue weighted by atomic mass is 10.0. The minimum atomic E-state index is -0.250. The molecule has 3 rings (SSSR count). The Morgan fingerprint density at radius 1 is 1.61 bits per heavy atom. The molecule has 1 unspecified atom stereocenters. The molecule has 0 bridgehead atoms. The average Bonchev–Trinajstić information content (AvgIpc) is 2.96. The van der Waals surface area contributed by atoms with Crippen LogP contribution in [0.2, 0.25) is 0 Å². The Hall–Kier alpha value is -1.95. The molecule has 6 heteroatoms. The van der Waals surface area contributed by atoms with Crippen molar-refractivity contribution in [1.82, 2.24) is 20.1 Å². The van der Waals surface area contributed by atoms with Crippen molar-refractivity contribution in [2.45, 2.75) is 12.3 Å². The number of rotatable bonds is 1. The zero-order chi connectivity index (χ0) is 13.0. The zero-order valence-corrected chi connectivity index (χ0v) is 10.2. The van der Waals surface area contributed by atoms with Crippen molar-refractivity contribution < 1.29 is 9.90 Å². The molecule has 1 saturated heterocycles.